The second-order valence-corrected chi connectivity index (χ2v) is 18.1. The number of carbonyl (C=O) groups excluding carboxylic acids is 2. The number of carbonyl (C=O) groups is 2. The summed E-state index contributed by atoms with van der Waals surface area (Å²) in [6.45, 7) is 17.8. The number of aromatic amines is 1. The lowest BCUT2D eigenvalue weighted by molar-refractivity contribution is 0.0607. The van der Waals surface area contributed by atoms with E-state index in [0.29, 0.717) is 97.2 Å². The summed E-state index contributed by atoms with van der Waals surface area (Å²) < 4.78 is 1.59. The standard InChI is InChI=1S/C28H36N4O2.C27H34N4O2/c1-19(2)26(32(17-9-16-29)27(33)23-14-12-20(3)13-15-23)25-24(18-22-10-7-6-8-11-22)28(34)31(5)21(4)30-25;1-18(2)25(31(16-8-15-28)27(33)22-13-11-19(3)12-14-22)24-23(26(32)30-20(4)29-24)17-21-9-6-5-7-10-21/h6-8,10-15,19,26H,9,16-18,29H2,1-5H3;5-7,9-14,18,25H,8,15-17,28H2,1-4H3,(H,29,30,32). The normalized spacial score (nSPS) is 12.1. The van der Waals surface area contributed by atoms with Gasteiger partial charge in [0.15, 0.2) is 0 Å². The van der Waals surface area contributed by atoms with Crippen LogP contribution in [0.25, 0.3) is 0 Å². The number of nitrogens with one attached hydrogen (secondary N) is 1. The molecule has 6 rings (SSSR count). The lowest BCUT2D eigenvalue weighted by Gasteiger charge is -2.35. The zero-order valence-corrected chi connectivity index (χ0v) is 40.9. The summed E-state index contributed by atoms with van der Waals surface area (Å²) in [6, 6.07) is 34.3. The van der Waals surface area contributed by atoms with Crippen LogP contribution in [0.4, 0.5) is 0 Å². The average molecular weight is 907 g/mol. The fraction of sp³-hybridized carbons (Fsp3) is 0.382. The maximum Gasteiger partial charge on any atom is 0.257 e. The van der Waals surface area contributed by atoms with Gasteiger partial charge in [-0.15, -0.1) is 0 Å². The van der Waals surface area contributed by atoms with Gasteiger partial charge in [0.05, 0.1) is 23.5 Å². The summed E-state index contributed by atoms with van der Waals surface area (Å²) in [5, 5.41) is 0. The minimum atomic E-state index is -0.356. The van der Waals surface area contributed by atoms with Gasteiger partial charge in [0, 0.05) is 55.2 Å². The molecule has 2 amide bonds. The van der Waals surface area contributed by atoms with Gasteiger partial charge >= 0.3 is 0 Å². The molecule has 2 aromatic heterocycles. The molecular weight excluding hydrogens is 837 g/mol. The number of H-pyrrole nitrogens is 1. The van der Waals surface area contributed by atoms with Gasteiger partial charge in [-0.25, -0.2) is 9.97 Å². The molecule has 0 aliphatic heterocycles. The zero-order valence-electron chi connectivity index (χ0n) is 40.9. The SMILES string of the molecule is Cc1ccc(C(=O)N(CCCN)C(c2nc(C)[nH]c(=O)c2Cc2ccccc2)C(C)C)cc1.Cc1ccc(C(=O)N(CCCN)C(c2nc(C)n(C)c(=O)c2Cc2ccccc2)C(C)C)cc1. The highest BCUT2D eigenvalue weighted by Gasteiger charge is 2.34. The molecule has 12 heteroatoms. The summed E-state index contributed by atoms with van der Waals surface area (Å²) in [7, 11) is 1.75. The van der Waals surface area contributed by atoms with E-state index in [9.17, 15) is 19.2 Å². The number of aromatic nitrogens is 4. The largest absolute Gasteiger partial charge is 0.330 e. The van der Waals surface area contributed by atoms with Crippen molar-refractivity contribution in [1.82, 2.24) is 29.3 Å². The number of hydrogen-bond donors (Lipinski definition) is 3. The number of rotatable bonds is 18. The minimum absolute atomic E-state index is 0.0420. The first-order chi connectivity index (χ1) is 32.1. The molecule has 12 nitrogen and oxygen atoms in total. The Morgan fingerprint density at radius 2 is 1.00 bits per heavy atom. The molecule has 2 atom stereocenters. The van der Waals surface area contributed by atoms with E-state index in [4.69, 9.17) is 21.4 Å². The first kappa shape index (κ1) is 51.5. The molecule has 0 fully saturated rings. The van der Waals surface area contributed by atoms with E-state index in [1.54, 1.807) is 18.5 Å². The van der Waals surface area contributed by atoms with Gasteiger partial charge in [-0.2, -0.15) is 0 Å². The highest BCUT2D eigenvalue weighted by molar-refractivity contribution is 5.95. The van der Waals surface area contributed by atoms with E-state index in [1.807, 2.05) is 140 Å². The molecular formula is C55H70N8O4. The number of nitrogens with two attached hydrogens (primary N) is 2. The number of aryl methyl sites for hydroxylation is 4. The van der Waals surface area contributed by atoms with Crippen molar-refractivity contribution in [3.63, 3.8) is 0 Å². The Morgan fingerprint density at radius 1 is 0.597 bits per heavy atom. The van der Waals surface area contributed by atoms with Gasteiger partial charge in [-0.1, -0.05) is 124 Å². The quantitative estimate of drug-likeness (QED) is 0.0772. The molecule has 0 saturated carbocycles. The molecule has 6 aromatic rings. The third-order valence-corrected chi connectivity index (χ3v) is 12.1. The summed E-state index contributed by atoms with van der Waals surface area (Å²) in [5.41, 5.74) is 19.5. The van der Waals surface area contributed by atoms with Crippen molar-refractivity contribution >= 4 is 11.8 Å². The van der Waals surface area contributed by atoms with Crippen molar-refractivity contribution < 1.29 is 9.59 Å². The third-order valence-electron chi connectivity index (χ3n) is 12.1. The fourth-order valence-electron chi connectivity index (χ4n) is 8.46. The van der Waals surface area contributed by atoms with Crippen molar-refractivity contribution in [2.24, 2.45) is 30.4 Å². The molecule has 0 aliphatic rings. The highest BCUT2D eigenvalue weighted by Crippen LogP contribution is 2.33. The molecule has 4 aromatic carbocycles. The van der Waals surface area contributed by atoms with Gasteiger partial charge in [0.2, 0.25) is 0 Å². The number of nitrogens with zero attached hydrogens (tertiary/aromatic N) is 5. The Hall–Kier alpha value is -6.50. The molecule has 0 aliphatic carbocycles. The third kappa shape index (κ3) is 13.3. The van der Waals surface area contributed by atoms with Crippen LogP contribution in [0.3, 0.4) is 0 Å². The van der Waals surface area contributed by atoms with Crippen LogP contribution in [0, 0.1) is 39.5 Å². The van der Waals surface area contributed by atoms with Crippen molar-refractivity contribution in [3.8, 4) is 0 Å². The monoisotopic (exact) mass is 907 g/mol. The number of hydrogen-bond acceptors (Lipinski definition) is 8. The van der Waals surface area contributed by atoms with E-state index < -0.39 is 0 Å². The second kappa shape index (κ2) is 24.3. The number of benzene rings is 4. The van der Waals surface area contributed by atoms with Crippen molar-refractivity contribution in [2.45, 2.75) is 93.2 Å². The molecule has 2 heterocycles. The predicted molar refractivity (Wildman–Crippen MR) is 269 cm³/mol. The molecule has 5 N–H and O–H groups in total. The van der Waals surface area contributed by atoms with Gasteiger partial charge in [-0.3, -0.25) is 23.7 Å². The van der Waals surface area contributed by atoms with E-state index >= 15 is 0 Å². The van der Waals surface area contributed by atoms with Crippen LogP contribution in [0.2, 0.25) is 0 Å². The van der Waals surface area contributed by atoms with Gasteiger partial charge < -0.3 is 26.3 Å². The Bertz CT molecular complexity index is 2660. The van der Waals surface area contributed by atoms with Crippen LogP contribution in [-0.4, -0.2) is 67.3 Å². The van der Waals surface area contributed by atoms with Crippen molar-refractivity contribution in [1.29, 1.82) is 0 Å². The molecule has 0 saturated heterocycles. The maximum absolute atomic E-state index is 13.8. The van der Waals surface area contributed by atoms with Gasteiger partial charge in [0.25, 0.3) is 22.9 Å². The van der Waals surface area contributed by atoms with Crippen molar-refractivity contribution in [2.75, 3.05) is 26.2 Å². The van der Waals surface area contributed by atoms with Crippen LogP contribution in [0.15, 0.2) is 119 Å². The molecule has 0 bridgehead atoms. The van der Waals surface area contributed by atoms with Gasteiger partial charge in [-0.05, 0) is 101 Å². The topological polar surface area (TPSA) is 173 Å². The Balaban J connectivity index is 0.000000251. The van der Waals surface area contributed by atoms with Crippen LogP contribution >= 0.6 is 0 Å². The zero-order chi connectivity index (χ0) is 48.8. The summed E-state index contributed by atoms with van der Waals surface area (Å²) in [4.78, 5) is 70.3. The van der Waals surface area contributed by atoms with Crippen LogP contribution in [-0.2, 0) is 19.9 Å². The molecule has 354 valence electrons. The maximum atomic E-state index is 13.8. The highest BCUT2D eigenvalue weighted by atomic mass is 16.2. The Morgan fingerprint density at radius 3 is 1.40 bits per heavy atom. The average Bonchev–Trinajstić information content (AvgIpc) is 3.31. The van der Waals surface area contributed by atoms with Crippen LogP contribution in [0.1, 0.15) is 130 Å². The predicted octanol–water partition coefficient (Wildman–Crippen LogP) is 8.34. The van der Waals surface area contributed by atoms with Crippen LogP contribution in [0.5, 0.6) is 0 Å². The lowest BCUT2D eigenvalue weighted by atomic mass is 9.92. The molecule has 0 spiro atoms. The lowest BCUT2D eigenvalue weighted by Crippen LogP contribution is -2.41. The van der Waals surface area contributed by atoms with E-state index in [2.05, 4.69) is 32.7 Å². The van der Waals surface area contributed by atoms with Gasteiger partial charge in [0.1, 0.15) is 11.6 Å². The van der Waals surface area contributed by atoms with E-state index in [0.717, 1.165) is 22.3 Å². The minimum Gasteiger partial charge on any atom is -0.330 e. The molecule has 2 unspecified atom stereocenters. The fourth-order valence-corrected chi connectivity index (χ4v) is 8.46. The first-order valence-corrected chi connectivity index (χ1v) is 23.4. The number of amides is 2. The Kier molecular flexibility index (Phi) is 18.7. The Labute approximate surface area is 396 Å². The van der Waals surface area contributed by atoms with E-state index in [1.165, 1.54) is 0 Å². The molecule has 67 heavy (non-hydrogen) atoms. The van der Waals surface area contributed by atoms with Crippen LogP contribution < -0.4 is 22.6 Å². The smallest absolute Gasteiger partial charge is 0.257 e. The van der Waals surface area contributed by atoms with Crippen molar-refractivity contribution in [3.05, 3.63) is 197 Å². The summed E-state index contributed by atoms with van der Waals surface area (Å²) in [6.07, 6.45) is 2.24. The first-order valence-electron chi connectivity index (χ1n) is 23.4. The molecule has 0 radical (unpaired) electrons. The second-order valence-electron chi connectivity index (χ2n) is 18.1. The summed E-state index contributed by atoms with van der Waals surface area (Å²) >= 11 is 0. The summed E-state index contributed by atoms with van der Waals surface area (Å²) in [5.74, 6) is 1.11. The van der Waals surface area contributed by atoms with E-state index in [-0.39, 0.29) is 46.9 Å².